The van der Waals surface area contributed by atoms with Gasteiger partial charge in [-0.05, 0) is 12.3 Å². The molecule has 1 aromatic heterocycles. The first kappa shape index (κ1) is 12.8. The third-order valence-corrected chi connectivity index (χ3v) is 3.71. The van der Waals surface area contributed by atoms with Crippen LogP contribution >= 0.6 is 11.3 Å². The van der Waals surface area contributed by atoms with E-state index in [-0.39, 0.29) is 18.4 Å². The van der Waals surface area contributed by atoms with Gasteiger partial charge in [-0.15, -0.1) is 11.3 Å². The summed E-state index contributed by atoms with van der Waals surface area (Å²) in [5, 5.41) is 11.5. The molecule has 6 nitrogen and oxygen atoms in total. The Bertz CT molecular complexity index is 421. The van der Waals surface area contributed by atoms with Crippen LogP contribution in [0.15, 0.2) is 11.7 Å². The van der Waals surface area contributed by atoms with Gasteiger partial charge < -0.3 is 15.3 Å². The topological polar surface area (TPSA) is 82.5 Å². The summed E-state index contributed by atoms with van der Waals surface area (Å²) in [7, 11) is 0. The van der Waals surface area contributed by atoms with Gasteiger partial charge >= 0.3 is 12.0 Å². The Balaban J connectivity index is 1.75. The molecule has 18 heavy (non-hydrogen) atoms. The summed E-state index contributed by atoms with van der Waals surface area (Å²) in [6.07, 6.45) is 2.63. The Morgan fingerprint density at radius 3 is 3.11 bits per heavy atom. The molecule has 98 valence electrons. The Morgan fingerprint density at radius 2 is 2.44 bits per heavy atom. The van der Waals surface area contributed by atoms with Crippen molar-refractivity contribution in [3.8, 4) is 0 Å². The lowest BCUT2D eigenvalue weighted by atomic mass is 10.1. The van der Waals surface area contributed by atoms with Crippen molar-refractivity contribution in [2.24, 2.45) is 5.92 Å². The zero-order chi connectivity index (χ0) is 13.0. The summed E-state index contributed by atoms with van der Waals surface area (Å²) in [6.45, 7) is 1.64. The number of aliphatic carboxylic acids is 1. The van der Waals surface area contributed by atoms with Crippen LogP contribution in [0.25, 0.3) is 0 Å². The largest absolute Gasteiger partial charge is 0.481 e. The number of hydrogen-bond acceptors (Lipinski definition) is 4. The van der Waals surface area contributed by atoms with E-state index in [1.165, 1.54) is 11.3 Å². The zero-order valence-corrected chi connectivity index (χ0v) is 10.7. The van der Waals surface area contributed by atoms with Gasteiger partial charge in [0.15, 0.2) is 0 Å². The smallest absolute Gasteiger partial charge is 0.317 e. The van der Waals surface area contributed by atoms with E-state index in [1.54, 1.807) is 16.6 Å². The molecular formula is C11H15N3O3S. The van der Waals surface area contributed by atoms with Crippen molar-refractivity contribution in [2.75, 3.05) is 13.1 Å². The van der Waals surface area contributed by atoms with Crippen molar-refractivity contribution in [1.29, 1.82) is 0 Å². The number of nitrogens with one attached hydrogen (secondary N) is 1. The molecule has 1 atom stereocenters. The third-order valence-electron chi connectivity index (χ3n) is 2.93. The molecule has 1 saturated heterocycles. The number of aromatic nitrogens is 1. The fourth-order valence-electron chi connectivity index (χ4n) is 2.03. The van der Waals surface area contributed by atoms with Crippen molar-refractivity contribution < 1.29 is 14.7 Å². The van der Waals surface area contributed by atoms with E-state index < -0.39 is 5.97 Å². The summed E-state index contributed by atoms with van der Waals surface area (Å²) in [5.41, 5.74) is 1.72. The van der Waals surface area contributed by atoms with Crippen LogP contribution in [0.3, 0.4) is 0 Å². The van der Waals surface area contributed by atoms with Crippen LogP contribution in [0.2, 0.25) is 0 Å². The van der Waals surface area contributed by atoms with Crippen molar-refractivity contribution in [1.82, 2.24) is 15.2 Å². The number of nitrogens with zero attached hydrogens (tertiary/aromatic N) is 2. The standard InChI is InChI=1S/C11H15N3O3S/c15-10(16)3-8-1-2-14(6-8)11(17)13-5-9-4-12-7-18-9/h4,7-8H,1-3,5-6H2,(H,13,17)(H,15,16). The fourth-order valence-corrected chi connectivity index (χ4v) is 2.57. The van der Waals surface area contributed by atoms with Gasteiger partial charge in [0, 0.05) is 30.6 Å². The molecule has 1 aliphatic rings. The number of urea groups is 1. The molecular weight excluding hydrogens is 254 g/mol. The Labute approximate surface area is 109 Å². The molecule has 1 aliphatic heterocycles. The van der Waals surface area contributed by atoms with Crippen molar-refractivity contribution in [3.63, 3.8) is 0 Å². The summed E-state index contributed by atoms with van der Waals surface area (Å²) in [5.74, 6) is -0.719. The number of carboxylic acids is 1. The first-order chi connectivity index (χ1) is 8.65. The molecule has 0 spiro atoms. The molecule has 1 fully saturated rings. The predicted octanol–water partition coefficient (Wildman–Crippen LogP) is 1.15. The molecule has 1 unspecified atom stereocenters. The van der Waals surface area contributed by atoms with Gasteiger partial charge in [0.25, 0.3) is 0 Å². The highest BCUT2D eigenvalue weighted by Crippen LogP contribution is 2.19. The molecule has 2 rings (SSSR count). The number of amides is 2. The second-order valence-corrected chi connectivity index (χ2v) is 5.30. The van der Waals surface area contributed by atoms with Crippen molar-refractivity contribution >= 4 is 23.3 Å². The molecule has 0 radical (unpaired) electrons. The number of rotatable bonds is 4. The molecule has 2 amide bonds. The van der Waals surface area contributed by atoms with Gasteiger partial charge in [-0.2, -0.15) is 0 Å². The molecule has 7 heteroatoms. The quantitative estimate of drug-likeness (QED) is 0.859. The molecule has 2 heterocycles. The summed E-state index contributed by atoms with van der Waals surface area (Å²) >= 11 is 1.49. The van der Waals surface area contributed by atoms with Crippen molar-refractivity contribution in [2.45, 2.75) is 19.4 Å². The van der Waals surface area contributed by atoms with Crippen LogP contribution in [0, 0.1) is 5.92 Å². The van der Waals surface area contributed by atoms with E-state index in [1.807, 2.05) is 0 Å². The number of likely N-dealkylation sites (tertiary alicyclic amines) is 1. The Hall–Kier alpha value is -1.63. The van der Waals surface area contributed by atoms with Crippen molar-refractivity contribution in [3.05, 3.63) is 16.6 Å². The van der Waals surface area contributed by atoms with E-state index in [2.05, 4.69) is 10.3 Å². The van der Waals surface area contributed by atoms with E-state index >= 15 is 0 Å². The highest BCUT2D eigenvalue weighted by molar-refractivity contribution is 7.09. The highest BCUT2D eigenvalue weighted by atomic mass is 32.1. The van der Waals surface area contributed by atoms with E-state index in [9.17, 15) is 9.59 Å². The van der Waals surface area contributed by atoms with Gasteiger partial charge in [0.1, 0.15) is 0 Å². The molecule has 0 bridgehead atoms. The van der Waals surface area contributed by atoms with Crippen LogP contribution in [-0.4, -0.2) is 40.1 Å². The fraction of sp³-hybridized carbons (Fsp3) is 0.545. The maximum atomic E-state index is 11.8. The normalized spacial score (nSPS) is 18.9. The van der Waals surface area contributed by atoms with Crippen LogP contribution < -0.4 is 5.32 Å². The molecule has 0 aromatic carbocycles. The first-order valence-corrected chi connectivity index (χ1v) is 6.65. The Kier molecular flexibility index (Phi) is 4.14. The van der Waals surface area contributed by atoms with Crippen LogP contribution in [0.5, 0.6) is 0 Å². The van der Waals surface area contributed by atoms with Gasteiger partial charge in [0.05, 0.1) is 12.1 Å². The molecule has 0 aliphatic carbocycles. The number of thiazole rings is 1. The van der Waals surface area contributed by atoms with E-state index in [0.29, 0.717) is 19.6 Å². The van der Waals surface area contributed by atoms with Gasteiger partial charge in [-0.25, -0.2) is 4.79 Å². The monoisotopic (exact) mass is 269 g/mol. The number of carboxylic acid groups (broad SMARTS) is 1. The third kappa shape index (κ3) is 3.43. The lowest BCUT2D eigenvalue weighted by molar-refractivity contribution is -0.138. The summed E-state index contributed by atoms with van der Waals surface area (Å²) < 4.78 is 0. The van der Waals surface area contributed by atoms with Gasteiger partial charge in [-0.1, -0.05) is 0 Å². The average Bonchev–Trinajstić information content (AvgIpc) is 2.95. The minimum absolute atomic E-state index is 0.0802. The Morgan fingerprint density at radius 1 is 1.61 bits per heavy atom. The molecule has 0 saturated carbocycles. The van der Waals surface area contributed by atoms with Crippen LogP contribution in [0.4, 0.5) is 4.79 Å². The van der Waals surface area contributed by atoms with Gasteiger partial charge in [-0.3, -0.25) is 9.78 Å². The highest BCUT2D eigenvalue weighted by Gasteiger charge is 2.27. The number of carbonyl (C=O) groups is 2. The number of hydrogen-bond donors (Lipinski definition) is 2. The second kappa shape index (κ2) is 5.81. The van der Waals surface area contributed by atoms with Gasteiger partial charge in [0.2, 0.25) is 0 Å². The zero-order valence-electron chi connectivity index (χ0n) is 9.83. The lowest BCUT2D eigenvalue weighted by Crippen LogP contribution is -2.38. The van der Waals surface area contributed by atoms with Crippen LogP contribution in [0.1, 0.15) is 17.7 Å². The van der Waals surface area contributed by atoms with E-state index in [0.717, 1.165) is 11.3 Å². The average molecular weight is 269 g/mol. The second-order valence-electron chi connectivity index (χ2n) is 4.33. The minimum atomic E-state index is -0.799. The SMILES string of the molecule is O=C(O)CC1CCN(C(=O)NCc2cncs2)C1. The van der Waals surface area contributed by atoms with E-state index in [4.69, 9.17) is 5.11 Å². The molecule has 1 aromatic rings. The first-order valence-electron chi connectivity index (χ1n) is 5.77. The number of carbonyl (C=O) groups excluding carboxylic acids is 1. The lowest BCUT2D eigenvalue weighted by Gasteiger charge is -2.16. The predicted molar refractivity (Wildman–Crippen MR) is 66.3 cm³/mol. The molecule has 2 N–H and O–H groups in total. The summed E-state index contributed by atoms with van der Waals surface area (Å²) in [4.78, 5) is 29.0. The minimum Gasteiger partial charge on any atom is -0.481 e. The maximum Gasteiger partial charge on any atom is 0.317 e. The van der Waals surface area contributed by atoms with Crippen LogP contribution in [-0.2, 0) is 11.3 Å². The maximum absolute atomic E-state index is 11.8. The summed E-state index contributed by atoms with van der Waals surface area (Å²) in [6, 6.07) is -0.128.